The number of amides is 1. The number of rotatable bonds is 6. The topological polar surface area (TPSA) is 98.9 Å². The van der Waals surface area contributed by atoms with Crippen LogP contribution in [0.4, 0.5) is 0 Å². The first-order chi connectivity index (χ1) is 15.9. The Morgan fingerprint density at radius 3 is 2.39 bits per heavy atom. The third-order valence-electron chi connectivity index (χ3n) is 4.98. The fourth-order valence-corrected chi connectivity index (χ4v) is 3.32. The van der Waals surface area contributed by atoms with Gasteiger partial charge in [0.2, 0.25) is 5.69 Å². The molecule has 0 saturated carbocycles. The molecule has 0 bridgehead atoms. The number of pyridine rings is 1. The number of hydrogen-bond donors (Lipinski definition) is 1. The van der Waals surface area contributed by atoms with Crippen LogP contribution in [0.15, 0.2) is 82.6 Å². The number of aromatic nitrogens is 4. The summed E-state index contributed by atoms with van der Waals surface area (Å²) in [5, 5.41) is 7.25. The Labute approximate surface area is 194 Å². The Morgan fingerprint density at radius 1 is 1.00 bits per heavy atom. The highest BCUT2D eigenvalue weighted by Crippen LogP contribution is 2.11. The van der Waals surface area contributed by atoms with E-state index in [4.69, 9.17) is 11.6 Å². The molecule has 8 nitrogen and oxygen atoms in total. The summed E-state index contributed by atoms with van der Waals surface area (Å²) >= 11 is 5.96. The van der Waals surface area contributed by atoms with Crippen molar-refractivity contribution in [2.24, 2.45) is 0 Å². The molecular formula is C24H20ClN5O3. The Morgan fingerprint density at radius 2 is 1.73 bits per heavy atom. The zero-order chi connectivity index (χ0) is 23.4. The number of halogens is 1. The van der Waals surface area contributed by atoms with E-state index in [0.717, 1.165) is 25.9 Å². The van der Waals surface area contributed by atoms with Crippen LogP contribution < -0.4 is 16.6 Å². The van der Waals surface area contributed by atoms with Gasteiger partial charge in [0.15, 0.2) is 0 Å². The summed E-state index contributed by atoms with van der Waals surface area (Å²) < 4.78 is 2.04. The summed E-state index contributed by atoms with van der Waals surface area (Å²) in [6, 6.07) is 17.4. The average molecular weight is 462 g/mol. The molecule has 2 heterocycles. The Hall–Kier alpha value is -4.04. The number of nitrogens with one attached hydrogen (secondary N) is 1. The Kier molecular flexibility index (Phi) is 6.46. The van der Waals surface area contributed by atoms with Crippen LogP contribution in [0.2, 0.25) is 5.02 Å². The smallest absolute Gasteiger partial charge is 0.346 e. The molecule has 0 unspecified atom stereocenters. The summed E-state index contributed by atoms with van der Waals surface area (Å²) in [7, 11) is 0. The van der Waals surface area contributed by atoms with Crippen LogP contribution in [0.25, 0.3) is 5.69 Å². The second kappa shape index (κ2) is 9.62. The molecule has 9 heteroatoms. The van der Waals surface area contributed by atoms with Gasteiger partial charge in [0.25, 0.3) is 11.5 Å². The molecule has 0 aliphatic carbocycles. The van der Waals surface area contributed by atoms with Crippen molar-refractivity contribution in [1.29, 1.82) is 0 Å². The van der Waals surface area contributed by atoms with E-state index in [2.05, 4.69) is 15.4 Å². The SMILES string of the molecule is Cc1ccc(Cn2c(=O)c(C(=O)NCc3cccnc3)nn(-c3ccc(Cl)cc3)c2=O)cc1. The molecule has 0 spiro atoms. The molecular weight excluding hydrogens is 442 g/mol. The molecule has 1 amide bonds. The van der Waals surface area contributed by atoms with E-state index in [1.165, 1.54) is 0 Å². The quantitative estimate of drug-likeness (QED) is 0.476. The lowest BCUT2D eigenvalue weighted by molar-refractivity contribution is 0.0941. The molecule has 0 aliphatic heterocycles. The van der Waals surface area contributed by atoms with Crippen molar-refractivity contribution in [1.82, 2.24) is 24.6 Å². The number of carbonyl (C=O) groups excluding carboxylic acids is 1. The highest BCUT2D eigenvalue weighted by Gasteiger charge is 2.20. The fraction of sp³-hybridized carbons (Fsp3) is 0.125. The zero-order valence-corrected chi connectivity index (χ0v) is 18.5. The lowest BCUT2D eigenvalue weighted by Gasteiger charge is -2.12. The van der Waals surface area contributed by atoms with E-state index in [9.17, 15) is 14.4 Å². The van der Waals surface area contributed by atoms with Crippen LogP contribution in [0.5, 0.6) is 0 Å². The van der Waals surface area contributed by atoms with Gasteiger partial charge in [-0.3, -0.25) is 19.1 Å². The fourth-order valence-electron chi connectivity index (χ4n) is 3.19. The largest absolute Gasteiger partial charge is 0.352 e. The van der Waals surface area contributed by atoms with Crippen molar-refractivity contribution in [3.05, 3.63) is 121 Å². The van der Waals surface area contributed by atoms with Crippen molar-refractivity contribution in [3.8, 4) is 5.69 Å². The van der Waals surface area contributed by atoms with Gasteiger partial charge in [0.1, 0.15) is 0 Å². The van der Waals surface area contributed by atoms with Crippen LogP contribution in [-0.2, 0) is 13.1 Å². The highest BCUT2D eigenvalue weighted by molar-refractivity contribution is 6.30. The minimum absolute atomic E-state index is 0.00303. The molecule has 33 heavy (non-hydrogen) atoms. The van der Waals surface area contributed by atoms with Crippen LogP contribution >= 0.6 is 11.6 Å². The van der Waals surface area contributed by atoms with Gasteiger partial charge < -0.3 is 5.32 Å². The number of hydrogen-bond acceptors (Lipinski definition) is 5. The van der Waals surface area contributed by atoms with Gasteiger partial charge in [-0.15, -0.1) is 0 Å². The van der Waals surface area contributed by atoms with Gasteiger partial charge in [-0.25, -0.2) is 4.79 Å². The van der Waals surface area contributed by atoms with E-state index in [-0.39, 0.29) is 18.8 Å². The van der Waals surface area contributed by atoms with E-state index in [1.807, 2.05) is 31.2 Å². The minimum atomic E-state index is -0.769. The van der Waals surface area contributed by atoms with Gasteiger partial charge in [0, 0.05) is 24.0 Å². The second-order valence-electron chi connectivity index (χ2n) is 7.44. The lowest BCUT2D eigenvalue weighted by atomic mass is 10.1. The van der Waals surface area contributed by atoms with Gasteiger partial charge >= 0.3 is 5.69 Å². The zero-order valence-electron chi connectivity index (χ0n) is 17.7. The molecule has 0 aliphatic rings. The van der Waals surface area contributed by atoms with Crippen LogP contribution in [0, 0.1) is 6.92 Å². The first-order valence-corrected chi connectivity index (χ1v) is 10.5. The van der Waals surface area contributed by atoms with Crippen LogP contribution in [-0.4, -0.2) is 25.2 Å². The molecule has 4 aromatic rings. The van der Waals surface area contributed by atoms with Gasteiger partial charge in [-0.05, 0) is 48.4 Å². The Balaban J connectivity index is 1.77. The monoisotopic (exact) mass is 461 g/mol. The third kappa shape index (κ3) is 5.07. The van der Waals surface area contributed by atoms with E-state index >= 15 is 0 Å². The summed E-state index contributed by atoms with van der Waals surface area (Å²) in [4.78, 5) is 43.2. The number of nitrogens with zero attached hydrogens (tertiary/aromatic N) is 4. The summed E-state index contributed by atoms with van der Waals surface area (Å²) in [6.45, 7) is 2.10. The predicted molar refractivity (Wildman–Crippen MR) is 125 cm³/mol. The summed E-state index contributed by atoms with van der Waals surface area (Å²) in [5.41, 5.74) is 1.12. The second-order valence-corrected chi connectivity index (χ2v) is 7.88. The highest BCUT2D eigenvalue weighted by atomic mass is 35.5. The number of carbonyl (C=O) groups is 1. The van der Waals surface area contributed by atoms with Crippen molar-refractivity contribution in [2.75, 3.05) is 0 Å². The van der Waals surface area contributed by atoms with Crippen LogP contribution in [0.1, 0.15) is 27.2 Å². The standard InChI is InChI=1S/C24H20ClN5O3/c1-16-4-6-17(7-5-16)15-29-23(32)21(22(31)27-14-18-3-2-12-26-13-18)28-30(24(29)33)20-10-8-19(25)9-11-20/h2-13H,14-15H2,1H3,(H,27,31). The molecule has 0 fully saturated rings. The molecule has 0 radical (unpaired) electrons. The van der Waals surface area contributed by atoms with E-state index < -0.39 is 17.2 Å². The van der Waals surface area contributed by atoms with E-state index in [1.54, 1.807) is 48.8 Å². The molecule has 2 aromatic heterocycles. The maximum Gasteiger partial charge on any atom is 0.352 e. The summed E-state index contributed by atoms with van der Waals surface area (Å²) in [6.07, 6.45) is 3.23. The first-order valence-electron chi connectivity index (χ1n) is 10.1. The first kappa shape index (κ1) is 22.2. The maximum atomic E-state index is 13.2. The molecule has 166 valence electrons. The van der Waals surface area contributed by atoms with Crippen molar-refractivity contribution in [3.63, 3.8) is 0 Å². The van der Waals surface area contributed by atoms with Gasteiger partial charge in [-0.1, -0.05) is 47.5 Å². The van der Waals surface area contributed by atoms with Gasteiger partial charge in [0.05, 0.1) is 12.2 Å². The lowest BCUT2D eigenvalue weighted by Crippen LogP contribution is -2.46. The van der Waals surface area contributed by atoms with Crippen molar-refractivity contribution < 1.29 is 4.79 Å². The molecule has 0 saturated heterocycles. The molecule has 4 rings (SSSR count). The van der Waals surface area contributed by atoms with E-state index in [0.29, 0.717) is 10.7 Å². The normalized spacial score (nSPS) is 10.7. The molecule has 0 atom stereocenters. The third-order valence-corrected chi connectivity index (χ3v) is 5.24. The minimum Gasteiger partial charge on any atom is -0.346 e. The molecule has 2 aromatic carbocycles. The maximum absolute atomic E-state index is 13.2. The number of benzene rings is 2. The van der Waals surface area contributed by atoms with Crippen LogP contribution in [0.3, 0.4) is 0 Å². The van der Waals surface area contributed by atoms with Gasteiger partial charge in [-0.2, -0.15) is 9.78 Å². The van der Waals surface area contributed by atoms with Crippen molar-refractivity contribution >= 4 is 17.5 Å². The average Bonchev–Trinajstić information content (AvgIpc) is 2.83. The Bertz CT molecular complexity index is 1400. The number of aryl methyl sites for hydroxylation is 1. The summed E-state index contributed by atoms with van der Waals surface area (Å²) in [5.74, 6) is -0.691. The van der Waals surface area contributed by atoms with Crippen molar-refractivity contribution in [2.45, 2.75) is 20.0 Å². The predicted octanol–water partition coefficient (Wildman–Crippen LogP) is 2.73. The molecule has 1 N–H and O–H groups in total.